The van der Waals surface area contributed by atoms with Crippen molar-refractivity contribution in [3.8, 4) is 78.1 Å². The summed E-state index contributed by atoms with van der Waals surface area (Å²) in [5, 5.41) is -0.341. The molecule has 2 aliphatic heterocycles. The predicted molar refractivity (Wildman–Crippen MR) is 543 cm³/mol. The summed E-state index contributed by atoms with van der Waals surface area (Å²) in [6.45, 7) is 12.4. The van der Waals surface area contributed by atoms with E-state index < -0.39 is 125 Å². The lowest BCUT2D eigenvalue weighted by molar-refractivity contribution is 0.590. The van der Waals surface area contributed by atoms with Crippen molar-refractivity contribution < 1.29 is 21.9 Å². The number of fused-ring (bicyclic) bond motifs is 16. The van der Waals surface area contributed by atoms with Gasteiger partial charge in [-0.05, 0) is 212 Å². The van der Waals surface area contributed by atoms with Crippen LogP contribution in [-0.4, -0.2) is 15.8 Å². The minimum Gasteiger partial charge on any atom is -0.310 e. The standard InChI is InChI=1S/C124H91BN4/c1-121(2,3)88-74-102(80-38-13-7-14-39-80)120(103(75-88)81-40-15-8-16-41-81)129-115-79-91(127-112-62-35-29-54-100(112)101-55-30-36-63-113(101)127)67-71-109(115)125-108-70-66-90(126-110-60-33-27-52-98(110)99-53-28-34-61-111(99)126)78-114(108)128(116-76-89(122(4,5)6)77-117(129)118(116)125)119-92(82-64-68-96-94-50-25-31-58-104(94)123(106(96)72-82,84-42-17-9-18-43-84)85-44-19-10-20-45-85)56-37-57-93(119)83-65-69-97-95-51-26-32-59-105(95)124(107(97)73-83,86-46-21-11-22-47-86)87-48-23-12-24-49-87/h7-79H,1-6H3/i27D,28D,29D,30D,33D,34D,35D,36D,52D,53D,54D,55D,60D,61D,62D,63D. The van der Waals surface area contributed by atoms with Crippen LogP contribution in [0.4, 0.5) is 34.1 Å². The Bertz CT molecular complexity index is 8680. The molecule has 610 valence electrons. The molecule has 4 aliphatic rings. The van der Waals surface area contributed by atoms with Gasteiger partial charge in [-0.2, -0.15) is 0 Å². The van der Waals surface area contributed by atoms with Gasteiger partial charge < -0.3 is 18.9 Å². The van der Waals surface area contributed by atoms with Crippen LogP contribution in [0, 0.1) is 0 Å². The lowest BCUT2D eigenvalue weighted by Crippen LogP contribution is -2.61. The van der Waals surface area contributed by atoms with Gasteiger partial charge in [0.15, 0.2) is 0 Å². The van der Waals surface area contributed by atoms with Gasteiger partial charge in [0.2, 0.25) is 0 Å². The Morgan fingerprint density at radius 2 is 0.558 bits per heavy atom. The molecule has 0 atom stereocenters. The maximum atomic E-state index is 10.2. The van der Waals surface area contributed by atoms with E-state index in [9.17, 15) is 21.9 Å². The van der Waals surface area contributed by atoms with E-state index >= 15 is 0 Å². The van der Waals surface area contributed by atoms with Crippen molar-refractivity contribution in [3.63, 3.8) is 0 Å². The van der Waals surface area contributed by atoms with Crippen molar-refractivity contribution in [1.29, 1.82) is 0 Å². The first kappa shape index (κ1) is 60.9. The summed E-state index contributed by atoms with van der Waals surface area (Å²) in [5.41, 5.74) is 25.3. The highest BCUT2D eigenvalue weighted by Gasteiger charge is 2.51. The molecule has 5 heteroatoms. The van der Waals surface area contributed by atoms with E-state index in [1.807, 2.05) is 66.7 Å². The zero-order valence-corrected chi connectivity index (χ0v) is 71.8. The van der Waals surface area contributed by atoms with E-state index in [1.165, 1.54) is 0 Å². The minimum atomic E-state index is -0.892. The lowest BCUT2D eigenvalue weighted by Gasteiger charge is -2.46. The Kier molecular flexibility index (Phi) is 13.7. The SMILES string of the molecule is [2H]c1c([2H])c([2H])c2c(c1[2H])c1c([2H])c([2H])c([2H])c([2H])c1n2-c1ccc2c(c1)N(c1c(-c3ccc4c(c3)C(c3ccccc3)(c3ccccc3)c3ccccc3-4)cccc1-c1ccc3c(c1)C(c1ccccc1)(c1ccccc1)c1ccccc1-3)c1cc(C(C)(C)C)cc3c1B2c1ccc(-n2c4c([2H])c([2H])c([2H])c([2H])c4c4c([2H])c([2H])c([2H])c([2H])c42)cc1N3c1c(-c2ccccc2)cc(C(C)(C)C)cc1-c1ccccc1. The minimum absolute atomic E-state index is 0.0598. The van der Waals surface area contributed by atoms with Gasteiger partial charge in [-0.15, -0.1) is 0 Å². The molecule has 0 amide bonds. The molecule has 0 spiro atoms. The highest BCUT2D eigenvalue weighted by atomic mass is 15.2. The smallest absolute Gasteiger partial charge is 0.252 e. The quantitative estimate of drug-likeness (QED) is 0.113. The lowest BCUT2D eigenvalue weighted by atomic mass is 9.33. The average Bonchev–Trinajstić information content (AvgIpc) is 1.70. The van der Waals surface area contributed by atoms with Crippen LogP contribution in [0.5, 0.6) is 0 Å². The zero-order chi connectivity index (χ0) is 100. The van der Waals surface area contributed by atoms with E-state index in [1.54, 1.807) is 9.13 Å². The van der Waals surface area contributed by atoms with E-state index in [-0.39, 0.29) is 49.3 Å². The molecular formula is C124H91BN4. The van der Waals surface area contributed by atoms with Gasteiger partial charge in [-0.1, -0.05) is 399 Å². The maximum absolute atomic E-state index is 10.2. The average molecular weight is 1660 g/mol. The summed E-state index contributed by atoms with van der Waals surface area (Å²) >= 11 is 0. The Morgan fingerprint density at radius 1 is 0.248 bits per heavy atom. The van der Waals surface area contributed by atoms with Crippen molar-refractivity contribution in [2.24, 2.45) is 0 Å². The summed E-state index contributed by atoms with van der Waals surface area (Å²) in [6, 6.07) is 115. The van der Waals surface area contributed by atoms with Gasteiger partial charge in [0.1, 0.15) is 0 Å². The fourth-order valence-electron chi connectivity index (χ4n) is 22.0. The number of hydrogen-bond donors (Lipinski definition) is 0. The first-order valence-corrected chi connectivity index (χ1v) is 44.2. The van der Waals surface area contributed by atoms with Crippen molar-refractivity contribution in [2.75, 3.05) is 9.80 Å². The second-order valence-corrected chi connectivity index (χ2v) is 36.5. The molecule has 2 aromatic heterocycles. The van der Waals surface area contributed by atoms with Gasteiger partial charge in [0, 0.05) is 77.9 Å². The summed E-state index contributed by atoms with van der Waals surface area (Å²) in [7, 11) is 0. The molecule has 25 rings (SSSR count). The third-order valence-electron chi connectivity index (χ3n) is 27.7. The summed E-state index contributed by atoms with van der Waals surface area (Å²) < 4.78 is 159. The normalized spacial score (nSPS) is 15.5. The Labute approximate surface area is 776 Å². The fraction of sp³-hybridized carbons (Fsp3) is 0.0806. The van der Waals surface area contributed by atoms with Crippen LogP contribution in [-0.2, 0) is 21.7 Å². The number of hydrogen-bond acceptors (Lipinski definition) is 2. The van der Waals surface area contributed by atoms with Crippen LogP contribution in [0.15, 0.2) is 442 Å². The molecular weight excluding hydrogens is 1560 g/mol. The van der Waals surface area contributed by atoms with E-state index in [0.717, 1.165) is 150 Å². The summed E-state index contributed by atoms with van der Waals surface area (Å²) in [5.74, 6) is 0. The Morgan fingerprint density at radius 3 is 0.922 bits per heavy atom. The van der Waals surface area contributed by atoms with Gasteiger partial charge in [-0.25, -0.2) is 0 Å². The number of rotatable bonds is 12. The second-order valence-electron chi connectivity index (χ2n) is 36.5. The summed E-state index contributed by atoms with van der Waals surface area (Å²) in [4.78, 5) is 4.78. The van der Waals surface area contributed by atoms with Gasteiger partial charge >= 0.3 is 0 Å². The number of anilines is 6. The number of benzene rings is 19. The Balaban J connectivity index is 0.884. The van der Waals surface area contributed by atoms with Crippen LogP contribution in [0.1, 0.15) is 119 Å². The molecule has 4 heterocycles. The van der Waals surface area contributed by atoms with Crippen molar-refractivity contribution in [3.05, 3.63) is 498 Å². The number of nitrogens with zero attached hydrogens (tertiary/aromatic N) is 4. The molecule has 0 bridgehead atoms. The van der Waals surface area contributed by atoms with Crippen LogP contribution < -0.4 is 26.2 Å². The molecule has 0 unspecified atom stereocenters. The maximum Gasteiger partial charge on any atom is 0.252 e. The topological polar surface area (TPSA) is 16.3 Å². The van der Waals surface area contributed by atoms with Gasteiger partial charge in [0.05, 0.1) is 66.2 Å². The first-order valence-electron chi connectivity index (χ1n) is 52.2. The molecule has 0 N–H and O–H groups in total. The summed E-state index contributed by atoms with van der Waals surface area (Å²) in [6.07, 6.45) is 0. The molecule has 129 heavy (non-hydrogen) atoms. The monoisotopic (exact) mass is 1660 g/mol. The largest absolute Gasteiger partial charge is 0.310 e. The second kappa shape index (κ2) is 29.0. The number of aromatic nitrogens is 2. The van der Waals surface area contributed by atoms with Crippen molar-refractivity contribution in [1.82, 2.24) is 9.13 Å². The molecule has 0 saturated carbocycles. The van der Waals surface area contributed by atoms with E-state index in [0.29, 0.717) is 28.2 Å². The Hall–Kier alpha value is -15.6. The van der Waals surface area contributed by atoms with Crippen LogP contribution >= 0.6 is 0 Å². The molecule has 0 radical (unpaired) electrons. The van der Waals surface area contributed by atoms with Crippen molar-refractivity contribution >= 4 is 101 Å². The fourth-order valence-corrected chi connectivity index (χ4v) is 22.0. The molecule has 0 saturated heterocycles. The molecule has 21 aromatic rings. The molecule has 2 aliphatic carbocycles. The highest BCUT2D eigenvalue weighted by molar-refractivity contribution is 7.00. The third-order valence-corrected chi connectivity index (χ3v) is 27.7. The van der Waals surface area contributed by atoms with E-state index in [2.05, 4.69) is 330 Å². The van der Waals surface area contributed by atoms with Crippen LogP contribution in [0.25, 0.3) is 122 Å². The first-order chi connectivity index (χ1) is 69.9. The zero-order valence-electron chi connectivity index (χ0n) is 87.8. The highest BCUT2D eigenvalue weighted by Crippen LogP contribution is 2.62. The van der Waals surface area contributed by atoms with Crippen LogP contribution in [0.3, 0.4) is 0 Å². The molecule has 0 fully saturated rings. The van der Waals surface area contributed by atoms with Gasteiger partial charge in [-0.3, -0.25) is 0 Å². The number of para-hydroxylation sites is 5. The third kappa shape index (κ3) is 11.3. The van der Waals surface area contributed by atoms with Gasteiger partial charge in [0.25, 0.3) is 6.71 Å². The molecule has 4 nitrogen and oxygen atoms in total. The van der Waals surface area contributed by atoms with Crippen molar-refractivity contribution in [2.45, 2.75) is 63.2 Å². The molecule has 19 aromatic carbocycles. The van der Waals surface area contributed by atoms with Crippen LogP contribution in [0.2, 0.25) is 0 Å². The van der Waals surface area contributed by atoms with E-state index in [4.69, 9.17) is 0 Å². The predicted octanol–water partition coefficient (Wildman–Crippen LogP) is 30.0.